The number of rotatable bonds is 3. The molecular weight excluding hydrogens is 207 g/mol. The van der Waals surface area contributed by atoms with Crippen LogP contribution >= 0.6 is 23.2 Å². The molecule has 0 bridgehead atoms. The minimum Gasteiger partial charge on any atom is -0.495 e. The van der Waals surface area contributed by atoms with E-state index in [1.807, 2.05) is 30.4 Å². The van der Waals surface area contributed by atoms with Gasteiger partial charge in [0.1, 0.15) is 5.75 Å². The maximum absolute atomic E-state index is 5.92. The average Bonchev–Trinajstić information content (AvgIpc) is 2.15. The van der Waals surface area contributed by atoms with Gasteiger partial charge in [0.2, 0.25) is 0 Å². The lowest BCUT2D eigenvalue weighted by Crippen LogP contribution is -1.84. The first-order valence-electron chi connectivity index (χ1n) is 3.84. The van der Waals surface area contributed by atoms with Crippen LogP contribution in [0.2, 0.25) is 5.02 Å². The van der Waals surface area contributed by atoms with Gasteiger partial charge in [-0.3, -0.25) is 0 Å². The Morgan fingerprint density at radius 1 is 1.46 bits per heavy atom. The van der Waals surface area contributed by atoms with Crippen molar-refractivity contribution >= 4 is 29.3 Å². The molecule has 13 heavy (non-hydrogen) atoms. The largest absolute Gasteiger partial charge is 0.495 e. The van der Waals surface area contributed by atoms with Crippen LogP contribution in [0.15, 0.2) is 24.3 Å². The van der Waals surface area contributed by atoms with Gasteiger partial charge in [0.15, 0.2) is 0 Å². The molecule has 1 rings (SSSR count). The first kappa shape index (κ1) is 10.4. The maximum Gasteiger partial charge on any atom is 0.137 e. The summed E-state index contributed by atoms with van der Waals surface area (Å²) in [6.07, 6.45) is 3.78. The number of halogens is 2. The summed E-state index contributed by atoms with van der Waals surface area (Å²) in [5.74, 6) is 1.19. The molecule has 1 aromatic carbocycles. The van der Waals surface area contributed by atoms with E-state index < -0.39 is 0 Å². The number of alkyl halides is 1. The summed E-state index contributed by atoms with van der Waals surface area (Å²) in [6, 6.07) is 5.59. The highest BCUT2D eigenvalue weighted by atomic mass is 35.5. The molecule has 3 heteroatoms. The molecule has 0 saturated carbocycles. The van der Waals surface area contributed by atoms with Crippen molar-refractivity contribution in [3.05, 3.63) is 34.9 Å². The fourth-order valence-electron chi connectivity index (χ4n) is 0.967. The molecule has 0 aromatic heterocycles. The number of allylic oxidation sites excluding steroid dienone is 1. The van der Waals surface area contributed by atoms with Crippen LogP contribution in [0, 0.1) is 0 Å². The van der Waals surface area contributed by atoms with Gasteiger partial charge in [0.25, 0.3) is 0 Å². The van der Waals surface area contributed by atoms with Gasteiger partial charge in [-0.25, -0.2) is 0 Å². The lowest BCUT2D eigenvalue weighted by molar-refractivity contribution is 0.415. The molecule has 1 nitrogen and oxygen atoms in total. The van der Waals surface area contributed by atoms with E-state index in [9.17, 15) is 0 Å². The van der Waals surface area contributed by atoms with E-state index in [-0.39, 0.29) is 0 Å². The molecule has 0 heterocycles. The molecule has 0 radical (unpaired) electrons. The molecule has 1 aromatic rings. The lowest BCUT2D eigenvalue weighted by atomic mass is 10.2. The molecule has 0 atom stereocenters. The predicted octanol–water partition coefficient (Wildman–Crippen LogP) is 3.60. The van der Waals surface area contributed by atoms with E-state index in [0.29, 0.717) is 16.7 Å². The SMILES string of the molecule is COc1ccc(C=CCCl)cc1Cl. The normalized spacial score (nSPS) is 10.7. The Balaban J connectivity index is 2.89. The van der Waals surface area contributed by atoms with Crippen molar-refractivity contribution in [1.82, 2.24) is 0 Å². The van der Waals surface area contributed by atoms with Crippen LogP contribution in [0.3, 0.4) is 0 Å². The standard InChI is InChI=1S/C10H10Cl2O/c1-13-10-5-4-8(3-2-6-11)7-9(10)12/h2-5,7H,6H2,1H3. The summed E-state index contributed by atoms with van der Waals surface area (Å²) < 4.78 is 5.02. The number of ether oxygens (including phenoxy) is 1. The third-order valence-corrected chi connectivity index (χ3v) is 2.05. The van der Waals surface area contributed by atoms with E-state index in [2.05, 4.69) is 0 Å². The lowest BCUT2D eigenvalue weighted by Gasteiger charge is -2.02. The van der Waals surface area contributed by atoms with Crippen molar-refractivity contribution < 1.29 is 4.74 Å². The van der Waals surface area contributed by atoms with Crippen LogP contribution in [0.5, 0.6) is 5.75 Å². The van der Waals surface area contributed by atoms with Crippen molar-refractivity contribution in [2.45, 2.75) is 0 Å². The molecule has 0 unspecified atom stereocenters. The fourth-order valence-corrected chi connectivity index (χ4v) is 1.32. The van der Waals surface area contributed by atoms with Gasteiger partial charge < -0.3 is 4.74 Å². The number of hydrogen-bond acceptors (Lipinski definition) is 1. The van der Waals surface area contributed by atoms with Crippen molar-refractivity contribution in [3.63, 3.8) is 0 Å². The molecule has 0 amide bonds. The van der Waals surface area contributed by atoms with Gasteiger partial charge in [0.05, 0.1) is 12.1 Å². The van der Waals surface area contributed by atoms with Crippen molar-refractivity contribution in [1.29, 1.82) is 0 Å². The highest BCUT2D eigenvalue weighted by Gasteiger charge is 1.98. The van der Waals surface area contributed by atoms with E-state index in [1.165, 1.54) is 0 Å². The first-order valence-corrected chi connectivity index (χ1v) is 4.75. The van der Waals surface area contributed by atoms with Gasteiger partial charge in [-0.15, -0.1) is 11.6 Å². The molecule has 0 aliphatic rings. The van der Waals surface area contributed by atoms with Gasteiger partial charge in [-0.1, -0.05) is 29.8 Å². The third kappa shape index (κ3) is 2.94. The fraction of sp³-hybridized carbons (Fsp3) is 0.200. The Hall–Kier alpha value is -0.660. The predicted molar refractivity (Wildman–Crippen MR) is 57.8 cm³/mol. The second kappa shape index (κ2) is 5.15. The number of benzene rings is 1. The Morgan fingerprint density at radius 3 is 2.77 bits per heavy atom. The highest BCUT2D eigenvalue weighted by Crippen LogP contribution is 2.25. The summed E-state index contributed by atoms with van der Waals surface area (Å²) in [5.41, 5.74) is 1.02. The molecule has 0 fully saturated rings. The summed E-state index contributed by atoms with van der Waals surface area (Å²) >= 11 is 11.4. The van der Waals surface area contributed by atoms with Gasteiger partial charge in [-0.05, 0) is 17.7 Å². The van der Waals surface area contributed by atoms with Crippen LogP contribution in [-0.4, -0.2) is 13.0 Å². The van der Waals surface area contributed by atoms with Gasteiger partial charge >= 0.3 is 0 Å². The molecule has 0 saturated heterocycles. The van der Waals surface area contributed by atoms with Gasteiger partial charge in [-0.2, -0.15) is 0 Å². The van der Waals surface area contributed by atoms with Crippen LogP contribution in [0.1, 0.15) is 5.56 Å². The zero-order valence-corrected chi connectivity index (χ0v) is 8.77. The molecule has 0 aliphatic carbocycles. The molecule has 0 aliphatic heterocycles. The second-order valence-electron chi connectivity index (χ2n) is 2.45. The van der Waals surface area contributed by atoms with Crippen molar-refractivity contribution in [2.24, 2.45) is 0 Å². The molecule has 70 valence electrons. The van der Waals surface area contributed by atoms with E-state index in [0.717, 1.165) is 5.56 Å². The monoisotopic (exact) mass is 216 g/mol. The Kier molecular flexibility index (Phi) is 4.13. The molecule has 0 spiro atoms. The zero-order chi connectivity index (χ0) is 9.68. The van der Waals surface area contributed by atoms with E-state index in [1.54, 1.807) is 7.11 Å². The van der Waals surface area contributed by atoms with Crippen molar-refractivity contribution in [3.8, 4) is 5.75 Å². The van der Waals surface area contributed by atoms with Crippen LogP contribution < -0.4 is 4.74 Å². The van der Waals surface area contributed by atoms with Crippen LogP contribution in [-0.2, 0) is 0 Å². The van der Waals surface area contributed by atoms with Gasteiger partial charge in [0, 0.05) is 5.88 Å². The second-order valence-corrected chi connectivity index (χ2v) is 3.17. The van der Waals surface area contributed by atoms with Crippen LogP contribution in [0.25, 0.3) is 6.08 Å². The Morgan fingerprint density at radius 2 is 2.23 bits per heavy atom. The summed E-state index contributed by atoms with van der Waals surface area (Å²) in [7, 11) is 1.59. The Labute approximate surface area is 87.9 Å². The molecular formula is C10H10Cl2O. The summed E-state index contributed by atoms with van der Waals surface area (Å²) in [4.78, 5) is 0. The van der Waals surface area contributed by atoms with Crippen molar-refractivity contribution in [2.75, 3.05) is 13.0 Å². The number of methoxy groups -OCH3 is 1. The Bertz CT molecular complexity index is 308. The molecule has 0 N–H and O–H groups in total. The summed E-state index contributed by atoms with van der Waals surface area (Å²) in [6.45, 7) is 0. The topological polar surface area (TPSA) is 9.23 Å². The summed E-state index contributed by atoms with van der Waals surface area (Å²) in [5, 5.41) is 0.610. The maximum atomic E-state index is 5.92. The van der Waals surface area contributed by atoms with Crippen LogP contribution in [0.4, 0.5) is 0 Å². The quantitative estimate of drug-likeness (QED) is 0.703. The number of hydrogen-bond donors (Lipinski definition) is 0. The zero-order valence-electron chi connectivity index (χ0n) is 7.26. The van der Waals surface area contributed by atoms with E-state index in [4.69, 9.17) is 27.9 Å². The minimum atomic E-state index is 0.504. The minimum absolute atomic E-state index is 0.504. The average molecular weight is 217 g/mol. The third-order valence-electron chi connectivity index (χ3n) is 1.58. The smallest absolute Gasteiger partial charge is 0.137 e. The first-order chi connectivity index (χ1) is 6.27. The van der Waals surface area contributed by atoms with E-state index >= 15 is 0 Å². The highest BCUT2D eigenvalue weighted by molar-refractivity contribution is 6.32.